The SMILES string of the molecule is CCCCCc1ccc(C(=O)Nc2ccc(C)cc2)cc1. The lowest BCUT2D eigenvalue weighted by molar-refractivity contribution is 0.102. The van der Waals surface area contributed by atoms with Crippen LogP contribution in [0.2, 0.25) is 0 Å². The first-order chi connectivity index (χ1) is 10.2. The largest absolute Gasteiger partial charge is 0.322 e. The highest BCUT2D eigenvalue weighted by Gasteiger charge is 2.05. The maximum Gasteiger partial charge on any atom is 0.255 e. The van der Waals surface area contributed by atoms with Gasteiger partial charge in [0, 0.05) is 11.3 Å². The van der Waals surface area contributed by atoms with Crippen molar-refractivity contribution in [1.82, 2.24) is 0 Å². The third kappa shape index (κ3) is 4.75. The van der Waals surface area contributed by atoms with Crippen molar-refractivity contribution in [1.29, 1.82) is 0 Å². The molecule has 2 aromatic carbocycles. The molecule has 0 aromatic heterocycles. The van der Waals surface area contributed by atoms with Crippen molar-refractivity contribution < 1.29 is 4.79 Å². The Morgan fingerprint density at radius 1 is 0.952 bits per heavy atom. The number of carbonyl (C=O) groups excluding carboxylic acids is 1. The lowest BCUT2D eigenvalue weighted by Crippen LogP contribution is -2.11. The molecule has 0 unspecified atom stereocenters. The quantitative estimate of drug-likeness (QED) is 0.743. The normalized spacial score (nSPS) is 10.4. The number of nitrogens with one attached hydrogen (secondary N) is 1. The van der Waals surface area contributed by atoms with Gasteiger partial charge in [-0.1, -0.05) is 49.6 Å². The lowest BCUT2D eigenvalue weighted by Gasteiger charge is -2.07. The zero-order chi connectivity index (χ0) is 15.1. The molecule has 0 atom stereocenters. The fraction of sp³-hybridized carbons (Fsp3) is 0.316. The van der Waals surface area contributed by atoms with E-state index in [9.17, 15) is 4.79 Å². The number of rotatable bonds is 6. The van der Waals surface area contributed by atoms with Gasteiger partial charge >= 0.3 is 0 Å². The van der Waals surface area contributed by atoms with Crippen LogP contribution in [0.4, 0.5) is 5.69 Å². The predicted molar refractivity (Wildman–Crippen MR) is 88.8 cm³/mol. The number of benzene rings is 2. The minimum absolute atomic E-state index is 0.0565. The Morgan fingerprint density at radius 3 is 2.24 bits per heavy atom. The molecule has 1 N–H and O–H groups in total. The van der Waals surface area contributed by atoms with Crippen molar-refractivity contribution in [3.8, 4) is 0 Å². The molecule has 0 saturated heterocycles. The van der Waals surface area contributed by atoms with Crippen LogP contribution in [-0.2, 0) is 6.42 Å². The van der Waals surface area contributed by atoms with E-state index in [4.69, 9.17) is 0 Å². The van der Waals surface area contributed by atoms with E-state index in [0.29, 0.717) is 5.56 Å². The second kappa shape index (κ2) is 7.63. The van der Waals surface area contributed by atoms with Gasteiger partial charge in [-0.3, -0.25) is 4.79 Å². The van der Waals surface area contributed by atoms with Crippen LogP contribution in [-0.4, -0.2) is 5.91 Å². The predicted octanol–water partition coefficient (Wildman–Crippen LogP) is 4.98. The Balaban J connectivity index is 1.94. The van der Waals surface area contributed by atoms with E-state index in [1.807, 2.05) is 43.3 Å². The highest BCUT2D eigenvalue weighted by Crippen LogP contribution is 2.13. The van der Waals surface area contributed by atoms with Crippen molar-refractivity contribution in [3.05, 3.63) is 65.2 Å². The molecule has 0 radical (unpaired) electrons. The summed E-state index contributed by atoms with van der Waals surface area (Å²) in [5.74, 6) is -0.0565. The molecule has 0 fully saturated rings. The highest BCUT2D eigenvalue weighted by atomic mass is 16.1. The summed E-state index contributed by atoms with van der Waals surface area (Å²) in [7, 11) is 0. The maximum absolute atomic E-state index is 12.2. The van der Waals surface area contributed by atoms with Crippen LogP contribution in [0.25, 0.3) is 0 Å². The Labute approximate surface area is 127 Å². The Morgan fingerprint density at radius 2 is 1.62 bits per heavy atom. The summed E-state index contributed by atoms with van der Waals surface area (Å²) < 4.78 is 0. The average molecular weight is 281 g/mol. The van der Waals surface area contributed by atoms with Gasteiger partial charge in [0.15, 0.2) is 0 Å². The fourth-order valence-corrected chi connectivity index (χ4v) is 2.24. The fourth-order valence-electron chi connectivity index (χ4n) is 2.24. The van der Waals surface area contributed by atoms with Crippen molar-refractivity contribution in [3.63, 3.8) is 0 Å². The number of aryl methyl sites for hydroxylation is 2. The van der Waals surface area contributed by atoms with Crippen LogP contribution in [0.5, 0.6) is 0 Å². The van der Waals surface area contributed by atoms with E-state index >= 15 is 0 Å². The van der Waals surface area contributed by atoms with Crippen LogP contribution in [0.1, 0.15) is 47.7 Å². The van der Waals surface area contributed by atoms with E-state index in [2.05, 4.69) is 24.4 Å². The van der Waals surface area contributed by atoms with Gasteiger partial charge in [0.05, 0.1) is 0 Å². The monoisotopic (exact) mass is 281 g/mol. The summed E-state index contributed by atoms with van der Waals surface area (Å²) in [6.45, 7) is 4.24. The van der Waals surface area contributed by atoms with Crippen LogP contribution in [0.15, 0.2) is 48.5 Å². The number of hydrogen-bond donors (Lipinski definition) is 1. The number of hydrogen-bond acceptors (Lipinski definition) is 1. The minimum Gasteiger partial charge on any atom is -0.322 e. The van der Waals surface area contributed by atoms with E-state index in [0.717, 1.165) is 12.1 Å². The number of unbranched alkanes of at least 4 members (excludes halogenated alkanes) is 2. The molecule has 110 valence electrons. The Bertz CT molecular complexity index is 570. The van der Waals surface area contributed by atoms with Gasteiger partial charge in [0.1, 0.15) is 0 Å². The van der Waals surface area contributed by atoms with Crippen LogP contribution >= 0.6 is 0 Å². The summed E-state index contributed by atoms with van der Waals surface area (Å²) in [6, 6.07) is 15.8. The first-order valence-electron chi connectivity index (χ1n) is 7.66. The molecule has 0 aliphatic heterocycles. The minimum atomic E-state index is -0.0565. The molecule has 0 aliphatic rings. The van der Waals surface area contributed by atoms with E-state index in [1.165, 1.54) is 30.4 Å². The maximum atomic E-state index is 12.2. The molecule has 1 amide bonds. The third-order valence-electron chi connectivity index (χ3n) is 3.59. The molecule has 0 heterocycles. The zero-order valence-corrected chi connectivity index (χ0v) is 12.9. The molecule has 2 rings (SSSR count). The first kappa shape index (κ1) is 15.3. The average Bonchev–Trinajstić information content (AvgIpc) is 2.50. The molecule has 0 aliphatic carbocycles. The van der Waals surface area contributed by atoms with Crippen molar-refractivity contribution >= 4 is 11.6 Å². The highest BCUT2D eigenvalue weighted by molar-refractivity contribution is 6.04. The molecule has 2 heteroatoms. The summed E-state index contributed by atoms with van der Waals surface area (Å²) in [6.07, 6.45) is 4.80. The second-order valence-corrected chi connectivity index (χ2v) is 5.47. The summed E-state index contributed by atoms with van der Waals surface area (Å²) in [5.41, 5.74) is 4.02. The lowest BCUT2D eigenvalue weighted by atomic mass is 10.1. The van der Waals surface area contributed by atoms with Gasteiger partial charge in [-0.15, -0.1) is 0 Å². The molecule has 2 aromatic rings. The zero-order valence-electron chi connectivity index (χ0n) is 12.9. The first-order valence-corrected chi connectivity index (χ1v) is 7.66. The van der Waals surface area contributed by atoms with Gasteiger partial charge < -0.3 is 5.32 Å². The molecular weight excluding hydrogens is 258 g/mol. The number of amides is 1. The third-order valence-corrected chi connectivity index (χ3v) is 3.59. The number of anilines is 1. The second-order valence-electron chi connectivity index (χ2n) is 5.47. The summed E-state index contributed by atoms with van der Waals surface area (Å²) >= 11 is 0. The van der Waals surface area contributed by atoms with Crippen LogP contribution in [0, 0.1) is 6.92 Å². The molecular formula is C19H23NO. The van der Waals surface area contributed by atoms with Crippen LogP contribution in [0.3, 0.4) is 0 Å². The van der Waals surface area contributed by atoms with E-state index in [-0.39, 0.29) is 5.91 Å². The Hall–Kier alpha value is -2.09. The van der Waals surface area contributed by atoms with Gasteiger partial charge in [-0.05, 0) is 49.6 Å². The smallest absolute Gasteiger partial charge is 0.255 e. The van der Waals surface area contributed by atoms with Gasteiger partial charge in [0.25, 0.3) is 5.91 Å². The van der Waals surface area contributed by atoms with Gasteiger partial charge in [-0.25, -0.2) is 0 Å². The van der Waals surface area contributed by atoms with Crippen molar-refractivity contribution in [2.75, 3.05) is 5.32 Å². The van der Waals surface area contributed by atoms with E-state index in [1.54, 1.807) is 0 Å². The molecule has 2 nitrogen and oxygen atoms in total. The van der Waals surface area contributed by atoms with E-state index < -0.39 is 0 Å². The molecule has 0 spiro atoms. The van der Waals surface area contributed by atoms with Crippen molar-refractivity contribution in [2.45, 2.75) is 39.5 Å². The van der Waals surface area contributed by atoms with Crippen molar-refractivity contribution in [2.24, 2.45) is 0 Å². The summed E-state index contributed by atoms with van der Waals surface area (Å²) in [5, 5.41) is 2.92. The molecule has 0 saturated carbocycles. The van der Waals surface area contributed by atoms with Crippen LogP contribution < -0.4 is 5.32 Å². The summed E-state index contributed by atoms with van der Waals surface area (Å²) in [4.78, 5) is 12.2. The van der Waals surface area contributed by atoms with Gasteiger partial charge in [0.2, 0.25) is 0 Å². The Kier molecular flexibility index (Phi) is 5.56. The topological polar surface area (TPSA) is 29.1 Å². The molecule has 0 bridgehead atoms. The standard InChI is InChI=1S/C19H23NO/c1-3-4-5-6-16-9-11-17(12-10-16)19(21)20-18-13-7-15(2)8-14-18/h7-14H,3-6H2,1-2H3,(H,20,21). The number of carbonyl (C=O) groups is 1. The molecule has 21 heavy (non-hydrogen) atoms. The van der Waals surface area contributed by atoms with Gasteiger partial charge in [-0.2, -0.15) is 0 Å².